The van der Waals surface area contributed by atoms with Crippen LogP contribution in [0.3, 0.4) is 0 Å². The molecule has 0 saturated carbocycles. The van der Waals surface area contributed by atoms with E-state index in [2.05, 4.69) is 45.7 Å². The zero-order chi connectivity index (χ0) is 50.5. The average molecular weight is 1090 g/mol. The van der Waals surface area contributed by atoms with Crippen LogP contribution in [0.2, 0.25) is 0 Å². The van der Waals surface area contributed by atoms with Crippen molar-refractivity contribution in [1.82, 2.24) is 0 Å². The molecule has 0 spiro atoms. The number of benzene rings is 6. The van der Waals surface area contributed by atoms with Crippen LogP contribution in [0.25, 0.3) is 11.1 Å². The summed E-state index contributed by atoms with van der Waals surface area (Å²) in [5.41, 5.74) is 2.21. The van der Waals surface area contributed by atoms with Crippen molar-refractivity contribution < 1.29 is 52.0 Å². The Morgan fingerprint density at radius 1 is 0.614 bits per heavy atom. The number of unbranched alkanes of at least 4 members (excludes halogenated alkanes) is 8. The second-order valence-electron chi connectivity index (χ2n) is 16.5. The summed E-state index contributed by atoms with van der Waals surface area (Å²) < 4.78 is 58.3. The Labute approximate surface area is 424 Å². The van der Waals surface area contributed by atoms with Gasteiger partial charge in [-0.25, -0.2) is 9.59 Å². The minimum Gasteiger partial charge on any atom is -0.493 e. The molecule has 1 amide bonds. The monoisotopic (exact) mass is 1090 g/mol. The maximum Gasteiger partial charge on any atom is 0.416 e. The van der Waals surface area contributed by atoms with Crippen molar-refractivity contribution in [3.8, 4) is 34.1 Å². The van der Waals surface area contributed by atoms with E-state index in [1.807, 2.05) is 24.3 Å². The smallest absolute Gasteiger partial charge is 0.416 e. The number of halogens is 5. The molecular formula is C56H58Br2F3NO8. The summed E-state index contributed by atoms with van der Waals surface area (Å²) in [5.74, 6) is -1.09. The number of aliphatic carboxylic acids is 1. The third-order valence-corrected chi connectivity index (χ3v) is 12.2. The molecule has 0 aromatic heterocycles. The fraction of sp³-hybridized carbons (Fsp3) is 0.304. The van der Waals surface area contributed by atoms with Crippen molar-refractivity contribution in [3.63, 3.8) is 0 Å². The number of ether oxygens (including phenoxy) is 3. The van der Waals surface area contributed by atoms with Gasteiger partial charge < -0.3 is 24.4 Å². The molecule has 0 aliphatic heterocycles. The van der Waals surface area contributed by atoms with E-state index in [9.17, 15) is 32.7 Å². The molecule has 6 rings (SSSR count). The maximum absolute atomic E-state index is 14.2. The Hall–Kier alpha value is -6.12. The van der Waals surface area contributed by atoms with Gasteiger partial charge in [-0.2, -0.15) is 13.2 Å². The first-order valence-electron chi connectivity index (χ1n) is 23.4. The Balaban J connectivity index is 0.000000426. The van der Waals surface area contributed by atoms with Gasteiger partial charge in [-0.1, -0.05) is 158 Å². The topological polar surface area (TPSA) is 123 Å². The number of hydrogen-bond acceptors (Lipinski definition) is 6. The highest BCUT2D eigenvalue weighted by Crippen LogP contribution is 2.38. The van der Waals surface area contributed by atoms with Crippen molar-refractivity contribution in [2.45, 2.75) is 96.7 Å². The van der Waals surface area contributed by atoms with Crippen LogP contribution in [0.15, 0.2) is 148 Å². The molecule has 0 heterocycles. The minimum absolute atomic E-state index is 0.0130. The predicted molar refractivity (Wildman–Crippen MR) is 276 cm³/mol. The first-order valence-corrected chi connectivity index (χ1v) is 25.0. The molecule has 6 aromatic carbocycles. The molecule has 1 atom stereocenters. The lowest BCUT2D eigenvalue weighted by molar-refractivity contribution is -0.139. The highest BCUT2D eigenvalue weighted by Gasteiger charge is 2.34. The fourth-order valence-electron chi connectivity index (χ4n) is 7.48. The third kappa shape index (κ3) is 16.8. The molecule has 14 heteroatoms. The number of nitrogens with zero attached hydrogens (tertiary/aromatic N) is 1. The number of amides is 1. The number of carboxylic acids is 2. The van der Waals surface area contributed by atoms with Crippen LogP contribution in [-0.4, -0.2) is 47.3 Å². The fourth-order valence-corrected chi connectivity index (χ4v) is 8.19. The summed E-state index contributed by atoms with van der Waals surface area (Å²) in [5, 5.41) is 19.7. The number of carbonyl (C=O) groups excluding carboxylic acids is 1. The Bertz CT molecular complexity index is 2590. The second kappa shape index (κ2) is 27.9. The molecule has 0 aliphatic rings. The normalized spacial score (nSPS) is 11.5. The highest BCUT2D eigenvalue weighted by atomic mass is 79.9. The number of para-hydroxylation sites is 1. The van der Waals surface area contributed by atoms with Crippen LogP contribution in [0, 0.1) is 0 Å². The van der Waals surface area contributed by atoms with E-state index in [0.29, 0.717) is 57.3 Å². The number of anilines is 1. The van der Waals surface area contributed by atoms with Gasteiger partial charge in [0.2, 0.25) is 0 Å². The van der Waals surface area contributed by atoms with Crippen molar-refractivity contribution in [2.75, 3.05) is 18.1 Å². The van der Waals surface area contributed by atoms with Crippen LogP contribution in [0.4, 0.5) is 18.9 Å². The summed E-state index contributed by atoms with van der Waals surface area (Å²) in [6.07, 6.45) is 6.52. The maximum atomic E-state index is 14.2. The SMILES string of the molecule is CCCCCCCOc1ccc(Br)cc1C(=O)O.CCCCCCCOc1ccc(Br)cc1N(C(=O)c1ccccc1)[C@@H](Cc1ccc(-c2ccccc2Oc2ccc(C(F)(F)F)cc2)cc1)C(=O)O. The van der Waals surface area contributed by atoms with E-state index in [0.717, 1.165) is 67.1 Å². The summed E-state index contributed by atoms with van der Waals surface area (Å²) in [6, 6.07) is 36.4. The summed E-state index contributed by atoms with van der Waals surface area (Å²) in [6.45, 7) is 5.33. The van der Waals surface area contributed by atoms with Gasteiger partial charge in [-0.3, -0.25) is 9.69 Å². The van der Waals surface area contributed by atoms with Gasteiger partial charge in [0.25, 0.3) is 5.91 Å². The molecule has 9 nitrogen and oxygen atoms in total. The Morgan fingerprint density at radius 3 is 1.76 bits per heavy atom. The van der Waals surface area contributed by atoms with Crippen molar-refractivity contribution in [1.29, 1.82) is 0 Å². The number of rotatable bonds is 24. The Morgan fingerprint density at radius 2 is 1.17 bits per heavy atom. The highest BCUT2D eigenvalue weighted by molar-refractivity contribution is 9.10. The third-order valence-electron chi connectivity index (χ3n) is 11.2. The zero-order valence-corrected chi connectivity index (χ0v) is 42.4. The van der Waals surface area contributed by atoms with Crippen LogP contribution >= 0.6 is 31.9 Å². The summed E-state index contributed by atoms with van der Waals surface area (Å²) >= 11 is 6.76. The van der Waals surface area contributed by atoms with E-state index >= 15 is 0 Å². The van der Waals surface area contributed by atoms with Crippen LogP contribution in [-0.2, 0) is 17.4 Å². The standard InChI is InChI=1S/C42H39BrF3NO5.C14H19BrO3/c1-2-3-4-5-11-26-51-39-25-22-33(43)28-36(39)47(40(48)31-12-7-6-8-13-31)37(41(49)50)27-29-16-18-30(19-17-29)35-14-9-10-15-38(35)52-34-23-20-32(21-24-34)42(44,45)46;1-2-3-4-5-6-9-18-13-8-7-11(15)10-12(13)14(16)17/h6-10,12-25,28,37H,2-5,11,26-27H2,1H3,(H,49,50);7-8,10H,2-6,9H2,1H3,(H,16,17)/t37-;/m0./s1. The van der Waals surface area contributed by atoms with Gasteiger partial charge >= 0.3 is 18.1 Å². The number of aromatic carboxylic acids is 1. The largest absolute Gasteiger partial charge is 0.493 e. The van der Waals surface area contributed by atoms with Crippen LogP contribution in [0.5, 0.6) is 23.0 Å². The van der Waals surface area contributed by atoms with Gasteiger partial charge in [0.1, 0.15) is 34.6 Å². The van der Waals surface area contributed by atoms with Gasteiger partial charge in [-0.05, 0) is 103 Å². The van der Waals surface area contributed by atoms with Crippen LogP contribution < -0.4 is 19.1 Å². The van der Waals surface area contributed by atoms with Crippen molar-refractivity contribution >= 4 is 55.4 Å². The molecule has 0 fully saturated rings. The van der Waals surface area contributed by atoms with Crippen LogP contribution in [0.1, 0.15) is 110 Å². The van der Waals surface area contributed by atoms with E-state index < -0.39 is 35.6 Å². The first-order chi connectivity index (χ1) is 33.7. The average Bonchev–Trinajstić information content (AvgIpc) is 3.35. The molecule has 0 radical (unpaired) electrons. The molecule has 6 aromatic rings. The number of carboxylic acid groups (broad SMARTS) is 2. The molecule has 0 saturated heterocycles. The van der Waals surface area contributed by atoms with Gasteiger partial charge in [0.05, 0.1) is 24.5 Å². The molecule has 70 heavy (non-hydrogen) atoms. The molecule has 0 unspecified atom stereocenters. The predicted octanol–water partition coefficient (Wildman–Crippen LogP) is 16.1. The lowest BCUT2D eigenvalue weighted by Gasteiger charge is -2.31. The quantitative estimate of drug-likeness (QED) is 0.0575. The lowest BCUT2D eigenvalue weighted by atomic mass is 9.98. The second-order valence-corrected chi connectivity index (χ2v) is 18.3. The molecule has 370 valence electrons. The minimum atomic E-state index is -4.45. The Kier molecular flexibility index (Phi) is 21.9. The van der Waals surface area contributed by atoms with Crippen molar-refractivity contribution in [3.05, 3.63) is 171 Å². The van der Waals surface area contributed by atoms with E-state index in [4.69, 9.17) is 19.3 Å². The van der Waals surface area contributed by atoms with E-state index in [-0.39, 0.29) is 17.7 Å². The summed E-state index contributed by atoms with van der Waals surface area (Å²) in [7, 11) is 0. The molecular weight excluding hydrogens is 1030 g/mol. The first kappa shape index (κ1) is 54.8. The van der Waals surface area contributed by atoms with E-state index in [1.54, 1.807) is 91.0 Å². The van der Waals surface area contributed by atoms with E-state index in [1.165, 1.54) is 36.3 Å². The van der Waals surface area contributed by atoms with Crippen molar-refractivity contribution in [2.24, 2.45) is 0 Å². The molecule has 2 N–H and O–H groups in total. The lowest BCUT2D eigenvalue weighted by Crippen LogP contribution is -2.47. The van der Waals surface area contributed by atoms with Gasteiger partial charge in [0.15, 0.2) is 0 Å². The van der Waals surface area contributed by atoms with Gasteiger partial charge in [0, 0.05) is 26.5 Å². The zero-order valence-electron chi connectivity index (χ0n) is 39.2. The number of hydrogen-bond donors (Lipinski definition) is 2. The van der Waals surface area contributed by atoms with Gasteiger partial charge in [-0.15, -0.1) is 0 Å². The molecule has 0 bridgehead atoms. The number of carbonyl (C=O) groups is 3. The summed E-state index contributed by atoms with van der Waals surface area (Å²) in [4.78, 5) is 39.6. The number of alkyl halides is 3. The molecule has 0 aliphatic carbocycles.